The fraction of sp³-hybridized carbons (Fsp3) is 0.333. The Kier molecular flexibility index (Phi) is 12.7. The molecular weight excluding hydrogens is 613 g/mol. The molecule has 0 amide bonds. The van der Waals surface area contributed by atoms with Gasteiger partial charge in [0.1, 0.15) is 16.9 Å². The van der Waals surface area contributed by atoms with Crippen molar-refractivity contribution in [1.29, 1.82) is 0 Å². The monoisotopic (exact) mass is 666 g/mol. The molecule has 49 heavy (non-hydrogen) atoms. The Hall–Kier alpha value is -4.31. The number of aryl methyl sites for hydroxylation is 12. The topological polar surface area (TPSA) is 9.23 Å². The Morgan fingerprint density at radius 2 is 0.612 bits per heavy atom. The van der Waals surface area contributed by atoms with E-state index in [0.717, 1.165) is 33.8 Å². The molecule has 0 N–H and O–H groups in total. The molecule has 0 atom stereocenters. The largest absolute Gasteiger partial charge is 0.457 e. The van der Waals surface area contributed by atoms with Crippen LogP contribution >= 0.6 is 0 Å². The number of alkyl halides is 3. The van der Waals surface area contributed by atoms with Gasteiger partial charge in [-0.3, -0.25) is 0 Å². The molecule has 0 aliphatic heterocycles. The van der Waals surface area contributed by atoms with E-state index >= 15 is 0 Å². The van der Waals surface area contributed by atoms with E-state index in [-0.39, 0.29) is 11.1 Å². The number of rotatable bonds is 4. The molecule has 1 nitrogen and oxygen atoms in total. The summed E-state index contributed by atoms with van der Waals surface area (Å²) >= 11 is 0. The first kappa shape index (κ1) is 39.1. The van der Waals surface area contributed by atoms with Gasteiger partial charge in [0.2, 0.25) is 0 Å². The van der Waals surface area contributed by atoms with Gasteiger partial charge in [0.25, 0.3) is 0 Å². The summed E-state index contributed by atoms with van der Waals surface area (Å²) in [7, 11) is 0. The van der Waals surface area contributed by atoms with E-state index in [9.17, 15) is 13.2 Å². The Labute approximate surface area is 293 Å². The molecule has 4 heteroatoms. The van der Waals surface area contributed by atoms with Crippen molar-refractivity contribution in [3.63, 3.8) is 0 Å². The third-order valence-electron chi connectivity index (χ3n) is 10.0. The first-order valence-corrected chi connectivity index (χ1v) is 16.8. The lowest BCUT2D eigenvalue weighted by atomic mass is 9.74. The average molecular weight is 667 g/mol. The van der Waals surface area contributed by atoms with Gasteiger partial charge >= 0.3 is 6.18 Å². The van der Waals surface area contributed by atoms with E-state index in [1.165, 1.54) is 51.4 Å². The predicted octanol–water partition coefficient (Wildman–Crippen LogP) is 13.4. The quantitative estimate of drug-likeness (QED) is 0.185. The van der Waals surface area contributed by atoms with E-state index in [1.54, 1.807) is 36.4 Å². The van der Waals surface area contributed by atoms with Gasteiger partial charge in [0.15, 0.2) is 0 Å². The van der Waals surface area contributed by atoms with Crippen molar-refractivity contribution in [2.24, 2.45) is 0 Å². The summed E-state index contributed by atoms with van der Waals surface area (Å²) in [6, 6.07) is 26.8. The van der Waals surface area contributed by atoms with Crippen molar-refractivity contribution in [2.75, 3.05) is 0 Å². The third-order valence-corrected chi connectivity index (χ3v) is 10.0. The summed E-state index contributed by atoms with van der Waals surface area (Å²) in [5.74, 6) is 1.80. The highest BCUT2D eigenvalue weighted by molar-refractivity contribution is 5.46. The molecule has 0 saturated carbocycles. The summed E-state index contributed by atoms with van der Waals surface area (Å²) in [4.78, 5) is 0. The lowest BCUT2D eigenvalue weighted by Gasteiger charge is -2.34. The molecule has 0 aliphatic carbocycles. The fourth-order valence-electron chi connectivity index (χ4n) is 5.39. The van der Waals surface area contributed by atoms with Crippen LogP contribution in [0.25, 0.3) is 0 Å². The van der Waals surface area contributed by atoms with E-state index < -0.39 is 11.6 Å². The molecular formula is C45H53F3O. The normalized spacial score (nSPS) is 11.3. The van der Waals surface area contributed by atoms with Gasteiger partial charge < -0.3 is 4.74 Å². The van der Waals surface area contributed by atoms with Crippen molar-refractivity contribution in [3.05, 3.63) is 163 Å². The zero-order valence-corrected chi connectivity index (χ0v) is 31.6. The maximum absolute atomic E-state index is 13.9. The zero-order chi connectivity index (χ0) is 36.8. The van der Waals surface area contributed by atoms with Crippen LogP contribution in [0.15, 0.2) is 84.9 Å². The van der Waals surface area contributed by atoms with Gasteiger partial charge in [-0.2, -0.15) is 13.2 Å². The SMILES string of the molecule is Cc1cc(C)c(C)cc1C.Cc1ccc(C(C)(c2ccc(C)c(C)c2)C(F)(F)F)cc1C.Cc1ccc(Oc2ccc(C)c(C)c2)cc1C. The summed E-state index contributed by atoms with van der Waals surface area (Å²) < 4.78 is 47.7. The number of ether oxygens (including phenoxy) is 1. The van der Waals surface area contributed by atoms with Crippen LogP contribution in [0.5, 0.6) is 11.5 Å². The minimum Gasteiger partial charge on any atom is -0.457 e. The van der Waals surface area contributed by atoms with Gasteiger partial charge in [-0.15, -0.1) is 0 Å². The minimum absolute atomic E-state index is 0.284. The van der Waals surface area contributed by atoms with Crippen LogP contribution < -0.4 is 4.74 Å². The van der Waals surface area contributed by atoms with Crippen molar-refractivity contribution in [3.8, 4) is 11.5 Å². The van der Waals surface area contributed by atoms with Gasteiger partial charge in [0.05, 0.1) is 0 Å². The number of halogens is 3. The Morgan fingerprint density at radius 3 is 0.878 bits per heavy atom. The van der Waals surface area contributed by atoms with Crippen LogP contribution in [0.4, 0.5) is 13.2 Å². The van der Waals surface area contributed by atoms with Crippen molar-refractivity contribution in [1.82, 2.24) is 0 Å². The molecule has 0 spiro atoms. The summed E-state index contributed by atoms with van der Waals surface area (Å²) in [6.45, 7) is 25.8. The molecule has 0 radical (unpaired) electrons. The Morgan fingerprint density at radius 1 is 0.347 bits per heavy atom. The Bertz CT molecular complexity index is 1760. The van der Waals surface area contributed by atoms with Crippen LogP contribution in [0.2, 0.25) is 0 Å². The molecule has 0 bridgehead atoms. The smallest absolute Gasteiger partial charge is 0.402 e. The van der Waals surface area contributed by atoms with Crippen molar-refractivity contribution < 1.29 is 17.9 Å². The molecule has 0 heterocycles. The maximum atomic E-state index is 13.9. The van der Waals surface area contributed by atoms with Crippen molar-refractivity contribution >= 4 is 0 Å². The standard InChI is InChI=1S/C19H21F3.C16H18O.C10H14/c1-12-6-8-16(10-14(12)3)18(5,19(20,21)22)17-9-7-13(2)15(4)11-17;1-11-5-7-15(9-13(11)3)17-16-8-6-12(2)14(4)10-16;1-7-5-9(3)10(4)6-8(7)2/h6-11H,1-5H3;5-10H,1-4H3;5-6H,1-4H3. The summed E-state index contributed by atoms with van der Waals surface area (Å²) in [5, 5.41) is 0. The zero-order valence-electron chi connectivity index (χ0n) is 31.6. The molecule has 5 aromatic rings. The van der Waals surface area contributed by atoms with Gasteiger partial charge in [-0.1, -0.05) is 60.7 Å². The van der Waals surface area contributed by atoms with Gasteiger partial charge in [-0.05, 0) is 192 Å². The van der Waals surface area contributed by atoms with Gasteiger partial charge in [0, 0.05) is 0 Å². The molecule has 5 rings (SSSR count). The van der Waals surface area contributed by atoms with E-state index in [4.69, 9.17) is 4.74 Å². The van der Waals surface area contributed by atoms with Gasteiger partial charge in [-0.25, -0.2) is 0 Å². The van der Waals surface area contributed by atoms with E-state index in [2.05, 4.69) is 91.8 Å². The van der Waals surface area contributed by atoms with E-state index in [0.29, 0.717) is 0 Å². The fourth-order valence-corrected chi connectivity index (χ4v) is 5.39. The molecule has 0 saturated heterocycles. The predicted molar refractivity (Wildman–Crippen MR) is 202 cm³/mol. The lowest BCUT2D eigenvalue weighted by Crippen LogP contribution is -2.40. The molecule has 260 valence electrons. The highest BCUT2D eigenvalue weighted by Crippen LogP contribution is 2.46. The molecule has 0 aromatic heterocycles. The number of hydrogen-bond acceptors (Lipinski definition) is 1. The number of hydrogen-bond donors (Lipinski definition) is 0. The third kappa shape index (κ3) is 9.65. The molecule has 0 unspecified atom stereocenters. The highest BCUT2D eigenvalue weighted by Gasteiger charge is 2.53. The first-order valence-electron chi connectivity index (χ1n) is 16.8. The first-order chi connectivity index (χ1) is 22.7. The molecule has 5 aromatic carbocycles. The van der Waals surface area contributed by atoms with Crippen LogP contribution in [0.3, 0.4) is 0 Å². The summed E-state index contributed by atoms with van der Waals surface area (Å²) in [5.41, 5.74) is 12.9. The highest BCUT2D eigenvalue weighted by atomic mass is 19.4. The van der Waals surface area contributed by atoms with Crippen molar-refractivity contribution in [2.45, 2.75) is 102 Å². The molecule has 0 fully saturated rings. The summed E-state index contributed by atoms with van der Waals surface area (Å²) in [6.07, 6.45) is -4.36. The average Bonchev–Trinajstić information content (AvgIpc) is 3.02. The Balaban J connectivity index is 0.000000213. The van der Waals surface area contributed by atoms with Crippen LogP contribution in [0.1, 0.15) is 84.8 Å². The minimum atomic E-state index is -4.36. The maximum Gasteiger partial charge on any atom is 0.402 e. The lowest BCUT2D eigenvalue weighted by molar-refractivity contribution is -0.173. The van der Waals surface area contributed by atoms with Crippen LogP contribution in [-0.2, 0) is 5.41 Å². The second-order valence-corrected chi connectivity index (χ2v) is 13.8. The van der Waals surface area contributed by atoms with Crippen LogP contribution in [0, 0.1) is 83.1 Å². The number of benzene rings is 5. The second kappa shape index (κ2) is 15.9. The second-order valence-electron chi connectivity index (χ2n) is 13.8. The van der Waals surface area contributed by atoms with E-state index in [1.807, 2.05) is 39.8 Å². The van der Waals surface area contributed by atoms with Crippen LogP contribution in [-0.4, -0.2) is 6.18 Å². The molecule has 0 aliphatic rings.